The van der Waals surface area contributed by atoms with Crippen LogP contribution < -0.4 is 10.6 Å². The maximum absolute atomic E-state index is 6.19. The summed E-state index contributed by atoms with van der Waals surface area (Å²) in [6, 6.07) is 8.63. The van der Waals surface area contributed by atoms with Crippen molar-refractivity contribution in [2.24, 2.45) is 22.6 Å². The number of halogens is 1. The van der Waals surface area contributed by atoms with E-state index >= 15 is 0 Å². The van der Waals surface area contributed by atoms with Crippen LogP contribution in [0.15, 0.2) is 45.4 Å². The first-order valence-corrected chi connectivity index (χ1v) is 8.36. The maximum atomic E-state index is 6.19. The second-order valence-electron chi connectivity index (χ2n) is 6.28. The summed E-state index contributed by atoms with van der Waals surface area (Å²) in [6.45, 7) is 5.35. The van der Waals surface area contributed by atoms with Gasteiger partial charge in [0, 0.05) is 4.47 Å². The quantitative estimate of drug-likeness (QED) is 0.823. The number of aliphatic imine (C=N–C) groups is 1. The molecule has 1 aromatic rings. The number of guanidine groups is 1. The van der Waals surface area contributed by atoms with Crippen LogP contribution >= 0.6 is 15.9 Å². The van der Waals surface area contributed by atoms with Gasteiger partial charge < -0.3 is 10.6 Å². The van der Waals surface area contributed by atoms with E-state index in [9.17, 15) is 0 Å². The number of rotatable bonds is 2. The summed E-state index contributed by atoms with van der Waals surface area (Å²) in [6.07, 6.45) is 4.77. The van der Waals surface area contributed by atoms with E-state index in [-0.39, 0.29) is 0 Å². The van der Waals surface area contributed by atoms with Gasteiger partial charge in [0.05, 0.1) is 18.3 Å². The van der Waals surface area contributed by atoms with Gasteiger partial charge in [0.2, 0.25) is 0 Å². The Bertz CT molecular complexity index is 593. The zero-order chi connectivity index (χ0) is 15.0. The number of nitrogens with zero attached hydrogens (tertiary/aromatic N) is 2. The number of nitrogens with two attached hydrogens (primary N) is 1. The molecule has 112 valence electrons. The molecule has 2 N–H and O–H groups in total. The normalized spacial score (nSPS) is 29.3. The number of para-hydroxylation sites is 1. The lowest BCUT2D eigenvalue weighted by Crippen LogP contribution is -2.46. The molecule has 3 unspecified atom stereocenters. The van der Waals surface area contributed by atoms with Crippen LogP contribution in [0.3, 0.4) is 0 Å². The van der Waals surface area contributed by atoms with Gasteiger partial charge in [-0.05, 0) is 59.7 Å². The summed E-state index contributed by atoms with van der Waals surface area (Å²) < 4.78 is 1.08. The number of benzene rings is 1. The Balaban J connectivity index is 1.90. The lowest BCUT2D eigenvalue weighted by molar-refractivity contribution is 0.350. The van der Waals surface area contributed by atoms with Crippen molar-refractivity contribution in [2.75, 3.05) is 11.4 Å². The van der Waals surface area contributed by atoms with Crippen molar-refractivity contribution < 1.29 is 0 Å². The summed E-state index contributed by atoms with van der Waals surface area (Å²) in [4.78, 5) is 6.74. The lowest BCUT2D eigenvalue weighted by atomic mass is 9.79. The maximum Gasteiger partial charge on any atom is 0.196 e. The fourth-order valence-electron chi connectivity index (χ4n) is 3.71. The molecule has 1 aromatic carbocycles. The van der Waals surface area contributed by atoms with Gasteiger partial charge in [0.1, 0.15) is 0 Å². The van der Waals surface area contributed by atoms with Gasteiger partial charge >= 0.3 is 0 Å². The highest BCUT2D eigenvalue weighted by Gasteiger charge is 2.36. The highest BCUT2D eigenvalue weighted by atomic mass is 79.9. The molecule has 2 aliphatic rings. The molecule has 1 aliphatic heterocycles. The predicted molar refractivity (Wildman–Crippen MR) is 92.5 cm³/mol. The molecule has 4 heteroatoms. The molecule has 0 bridgehead atoms. The molecule has 0 spiro atoms. The van der Waals surface area contributed by atoms with Gasteiger partial charge in [-0.2, -0.15) is 0 Å². The Labute approximate surface area is 135 Å². The van der Waals surface area contributed by atoms with Gasteiger partial charge in [-0.1, -0.05) is 30.7 Å². The van der Waals surface area contributed by atoms with E-state index in [0.29, 0.717) is 23.8 Å². The van der Waals surface area contributed by atoms with Crippen molar-refractivity contribution in [1.82, 2.24) is 0 Å². The summed E-state index contributed by atoms with van der Waals surface area (Å²) in [5.74, 6) is 1.90. The Hall–Kier alpha value is -1.29. The van der Waals surface area contributed by atoms with Crippen LogP contribution in [-0.2, 0) is 0 Å². The molecule has 0 fully saturated rings. The zero-order valence-electron chi connectivity index (χ0n) is 12.6. The summed E-state index contributed by atoms with van der Waals surface area (Å²) in [7, 11) is 0. The first-order valence-electron chi connectivity index (χ1n) is 7.57. The van der Waals surface area contributed by atoms with Crippen molar-refractivity contribution in [3.63, 3.8) is 0 Å². The van der Waals surface area contributed by atoms with E-state index in [2.05, 4.69) is 63.9 Å². The third kappa shape index (κ3) is 2.86. The van der Waals surface area contributed by atoms with E-state index in [1.165, 1.54) is 12.0 Å². The first-order chi connectivity index (χ1) is 10.1. The third-order valence-electron chi connectivity index (χ3n) is 4.50. The van der Waals surface area contributed by atoms with Crippen LogP contribution in [0.5, 0.6) is 0 Å². The summed E-state index contributed by atoms with van der Waals surface area (Å²) in [5, 5.41) is 0. The van der Waals surface area contributed by atoms with E-state index in [1.807, 2.05) is 6.07 Å². The monoisotopic (exact) mass is 347 g/mol. The summed E-state index contributed by atoms with van der Waals surface area (Å²) in [5.41, 5.74) is 8.81. The van der Waals surface area contributed by atoms with E-state index in [1.54, 1.807) is 0 Å². The molecule has 3 rings (SSSR count). The van der Waals surface area contributed by atoms with Crippen LogP contribution in [-0.4, -0.2) is 18.5 Å². The minimum atomic E-state index is 0.370. The average Bonchev–Trinajstić information content (AvgIpc) is 2.80. The molecule has 0 radical (unpaired) electrons. The minimum Gasteiger partial charge on any atom is -0.370 e. The topological polar surface area (TPSA) is 41.6 Å². The van der Waals surface area contributed by atoms with Crippen LogP contribution in [0.4, 0.5) is 5.69 Å². The predicted octanol–water partition coefficient (Wildman–Crippen LogP) is 3.94. The second kappa shape index (κ2) is 5.84. The molecule has 0 aromatic heterocycles. The molecule has 3 nitrogen and oxygen atoms in total. The molecule has 0 amide bonds. The van der Waals surface area contributed by atoms with Gasteiger partial charge in [0.25, 0.3) is 0 Å². The highest BCUT2D eigenvalue weighted by molar-refractivity contribution is 9.10. The Morgan fingerprint density at radius 3 is 2.81 bits per heavy atom. The Morgan fingerprint density at radius 2 is 2.10 bits per heavy atom. The number of hydrogen-bond acceptors (Lipinski definition) is 3. The van der Waals surface area contributed by atoms with Crippen molar-refractivity contribution in [1.29, 1.82) is 0 Å². The van der Waals surface area contributed by atoms with E-state index < -0.39 is 0 Å². The van der Waals surface area contributed by atoms with Crippen LogP contribution in [0.2, 0.25) is 0 Å². The van der Waals surface area contributed by atoms with Crippen molar-refractivity contribution in [3.8, 4) is 0 Å². The van der Waals surface area contributed by atoms with Gasteiger partial charge in [-0.25, -0.2) is 0 Å². The molecule has 3 atom stereocenters. The number of hydrogen-bond donors (Lipinski definition) is 1. The third-order valence-corrected chi connectivity index (χ3v) is 5.17. The van der Waals surface area contributed by atoms with Crippen LogP contribution in [0, 0.1) is 11.8 Å². The second-order valence-corrected chi connectivity index (χ2v) is 7.13. The molecule has 0 saturated carbocycles. The molecule has 0 saturated heterocycles. The largest absolute Gasteiger partial charge is 0.370 e. The van der Waals surface area contributed by atoms with Crippen LogP contribution in [0.25, 0.3) is 0 Å². The standard InChI is InChI=1S/C17H22BrN3/c1-11-7-12(2)9-13(8-11)16-10-20-17(19)21(16)15-6-4-3-5-14(15)18/h3-7,11,13,16H,8-10H2,1-2H3,(H2,19,20). The Kier molecular flexibility index (Phi) is 4.07. The van der Waals surface area contributed by atoms with E-state index in [0.717, 1.165) is 23.1 Å². The minimum absolute atomic E-state index is 0.370. The molecular weight excluding hydrogens is 326 g/mol. The number of anilines is 1. The van der Waals surface area contributed by atoms with E-state index in [4.69, 9.17) is 5.73 Å². The van der Waals surface area contributed by atoms with Gasteiger partial charge in [-0.15, -0.1) is 0 Å². The van der Waals surface area contributed by atoms with Crippen molar-refractivity contribution >= 4 is 27.6 Å². The van der Waals surface area contributed by atoms with Crippen molar-refractivity contribution in [2.45, 2.75) is 32.7 Å². The fraction of sp³-hybridized carbons (Fsp3) is 0.471. The Morgan fingerprint density at radius 1 is 1.33 bits per heavy atom. The molecule has 21 heavy (non-hydrogen) atoms. The zero-order valence-corrected chi connectivity index (χ0v) is 14.2. The fourth-order valence-corrected chi connectivity index (χ4v) is 4.19. The first kappa shape index (κ1) is 14.6. The molecule has 1 heterocycles. The number of allylic oxidation sites excluding steroid dienone is 2. The smallest absolute Gasteiger partial charge is 0.196 e. The summed E-state index contributed by atoms with van der Waals surface area (Å²) >= 11 is 3.65. The van der Waals surface area contributed by atoms with Gasteiger partial charge in [0.15, 0.2) is 5.96 Å². The van der Waals surface area contributed by atoms with Crippen molar-refractivity contribution in [3.05, 3.63) is 40.4 Å². The molecular formula is C17H22BrN3. The SMILES string of the molecule is CC1=CC(C)CC(C2CN=C(N)N2c2ccccc2Br)C1. The average molecular weight is 348 g/mol. The lowest BCUT2D eigenvalue weighted by Gasteiger charge is -2.36. The highest BCUT2D eigenvalue weighted by Crippen LogP contribution is 2.37. The van der Waals surface area contributed by atoms with Crippen LogP contribution in [0.1, 0.15) is 26.7 Å². The van der Waals surface area contributed by atoms with Gasteiger partial charge in [-0.3, -0.25) is 4.99 Å². The molecule has 1 aliphatic carbocycles.